The lowest BCUT2D eigenvalue weighted by Crippen LogP contribution is -2.30. The Bertz CT molecular complexity index is 889. The van der Waals surface area contributed by atoms with Crippen LogP contribution < -0.4 is 0 Å². The summed E-state index contributed by atoms with van der Waals surface area (Å²) >= 11 is 0. The summed E-state index contributed by atoms with van der Waals surface area (Å²) in [5.74, 6) is -0.839. The molecule has 0 aliphatic carbocycles. The summed E-state index contributed by atoms with van der Waals surface area (Å²) in [6, 6.07) is 0. The van der Waals surface area contributed by atoms with Gasteiger partial charge in [-0.2, -0.15) is 0 Å². The molecule has 356 valence electrons. The summed E-state index contributed by atoms with van der Waals surface area (Å²) in [6.07, 6.45) is 53.7. The van der Waals surface area contributed by atoms with Crippen molar-refractivity contribution in [2.45, 2.75) is 316 Å². The van der Waals surface area contributed by atoms with E-state index in [4.69, 9.17) is 14.2 Å². The summed E-state index contributed by atoms with van der Waals surface area (Å²) in [7, 11) is 0. The largest absolute Gasteiger partial charge is 0.462 e. The smallest absolute Gasteiger partial charge is 0.306 e. The maximum absolute atomic E-state index is 12.8. The van der Waals surface area contributed by atoms with Gasteiger partial charge in [0.1, 0.15) is 13.2 Å². The third kappa shape index (κ3) is 47.5. The van der Waals surface area contributed by atoms with Crippen LogP contribution in [0.3, 0.4) is 0 Å². The van der Waals surface area contributed by atoms with E-state index in [1.807, 2.05) is 0 Å². The summed E-state index contributed by atoms with van der Waals surface area (Å²) in [6.45, 7) is 6.68. The molecule has 0 rings (SSSR count). The molecule has 6 nitrogen and oxygen atoms in total. The maximum Gasteiger partial charge on any atom is 0.306 e. The Kier molecular flexibility index (Phi) is 48.7. The van der Waals surface area contributed by atoms with Crippen molar-refractivity contribution in [1.82, 2.24) is 0 Å². The minimum absolute atomic E-state index is 0.0616. The second-order valence-corrected chi connectivity index (χ2v) is 18.5. The number of ether oxygens (including phenoxy) is 3. The quantitative estimate of drug-likeness (QED) is 0.0345. The molecule has 0 aromatic rings. The number of hydrogen-bond acceptors (Lipinski definition) is 6. The molecular formula is C54H104O6. The van der Waals surface area contributed by atoms with Crippen LogP contribution in [0.4, 0.5) is 0 Å². The Morgan fingerprint density at radius 1 is 0.267 bits per heavy atom. The molecule has 0 saturated heterocycles. The molecule has 0 amide bonds. The van der Waals surface area contributed by atoms with Crippen molar-refractivity contribution >= 4 is 17.9 Å². The van der Waals surface area contributed by atoms with Crippen LogP contribution >= 0.6 is 0 Å². The predicted molar refractivity (Wildman–Crippen MR) is 257 cm³/mol. The molecule has 1 unspecified atom stereocenters. The third-order valence-electron chi connectivity index (χ3n) is 12.4. The Balaban J connectivity index is 4.25. The predicted octanol–water partition coefficient (Wildman–Crippen LogP) is 17.6. The second-order valence-electron chi connectivity index (χ2n) is 18.5. The maximum atomic E-state index is 12.8. The fourth-order valence-electron chi connectivity index (χ4n) is 8.27. The Hall–Kier alpha value is -1.59. The van der Waals surface area contributed by atoms with E-state index in [1.54, 1.807) is 0 Å². The number of hydrogen-bond donors (Lipinski definition) is 0. The average Bonchev–Trinajstić information content (AvgIpc) is 3.24. The van der Waals surface area contributed by atoms with E-state index in [-0.39, 0.29) is 31.1 Å². The van der Waals surface area contributed by atoms with Gasteiger partial charge >= 0.3 is 17.9 Å². The second kappa shape index (κ2) is 50.1. The first-order valence-electron chi connectivity index (χ1n) is 27.0. The number of unbranched alkanes of at least 4 members (excludes halogenated alkanes) is 39. The minimum atomic E-state index is -0.759. The van der Waals surface area contributed by atoms with Gasteiger partial charge in [-0.25, -0.2) is 0 Å². The molecule has 6 heteroatoms. The van der Waals surface area contributed by atoms with Crippen molar-refractivity contribution in [2.24, 2.45) is 0 Å². The third-order valence-corrected chi connectivity index (χ3v) is 12.4. The lowest BCUT2D eigenvalue weighted by atomic mass is 10.0. The Morgan fingerprint density at radius 3 is 0.667 bits per heavy atom. The highest BCUT2D eigenvalue weighted by atomic mass is 16.6. The van der Waals surface area contributed by atoms with Gasteiger partial charge in [-0.05, 0) is 19.3 Å². The highest BCUT2D eigenvalue weighted by Crippen LogP contribution is 2.17. The lowest BCUT2D eigenvalue weighted by molar-refractivity contribution is -0.167. The van der Waals surface area contributed by atoms with Crippen LogP contribution in [0, 0.1) is 0 Å². The molecule has 0 spiro atoms. The van der Waals surface area contributed by atoms with Gasteiger partial charge in [0.15, 0.2) is 6.10 Å². The molecule has 0 bridgehead atoms. The van der Waals surface area contributed by atoms with Crippen LogP contribution in [0.5, 0.6) is 0 Å². The molecule has 0 N–H and O–H groups in total. The molecule has 0 fully saturated rings. The highest BCUT2D eigenvalue weighted by molar-refractivity contribution is 5.71. The number of carbonyl (C=O) groups is 3. The number of carbonyl (C=O) groups excluding carboxylic acids is 3. The number of esters is 3. The van der Waals surface area contributed by atoms with Crippen molar-refractivity contribution in [3.63, 3.8) is 0 Å². The van der Waals surface area contributed by atoms with Gasteiger partial charge in [-0.3, -0.25) is 14.4 Å². The van der Waals surface area contributed by atoms with Gasteiger partial charge in [-0.1, -0.05) is 271 Å². The molecule has 0 saturated carbocycles. The first kappa shape index (κ1) is 58.4. The van der Waals surface area contributed by atoms with E-state index in [0.717, 1.165) is 57.8 Å². The average molecular weight is 849 g/mol. The summed E-state index contributed by atoms with van der Waals surface area (Å²) in [4.78, 5) is 37.9. The van der Waals surface area contributed by atoms with Crippen molar-refractivity contribution in [2.75, 3.05) is 13.2 Å². The van der Waals surface area contributed by atoms with Crippen LogP contribution in [-0.4, -0.2) is 37.2 Å². The van der Waals surface area contributed by atoms with Gasteiger partial charge in [0.2, 0.25) is 0 Å². The van der Waals surface area contributed by atoms with E-state index < -0.39 is 6.10 Å². The zero-order valence-corrected chi connectivity index (χ0v) is 40.8. The molecule has 0 radical (unpaired) electrons. The minimum Gasteiger partial charge on any atom is -0.462 e. The van der Waals surface area contributed by atoms with Gasteiger partial charge in [0, 0.05) is 19.3 Å². The monoisotopic (exact) mass is 849 g/mol. The number of rotatable bonds is 50. The van der Waals surface area contributed by atoms with Crippen molar-refractivity contribution in [3.8, 4) is 0 Å². The Morgan fingerprint density at radius 2 is 0.450 bits per heavy atom. The van der Waals surface area contributed by atoms with Crippen LogP contribution in [0.1, 0.15) is 310 Å². The SMILES string of the molecule is CCCCCCCCCCCCCCCCCCCC(=O)OCC(COC(=O)CCCCCCCCCCCC)OC(=O)CCCCCCCCCCCCCCCCC. The molecule has 0 aromatic heterocycles. The zero-order chi connectivity index (χ0) is 43.7. The van der Waals surface area contributed by atoms with E-state index in [0.29, 0.717) is 19.3 Å². The topological polar surface area (TPSA) is 78.9 Å². The molecule has 0 aliphatic heterocycles. The normalized spacial score (nSPS) is 11.8. The van der Waals surface area contributed by atoms with Crippen molar-refractivity contribution < 1.29 is 28.6 Å². The van der Waals surface area contributed by atoms with Crippen molar-refractivity contribution in [1.29, 1.82) is 0 Å². The Labute approximate surface area is 374 Å². The van der Waals surface area contributed by atoms with Crippen LogP contribution in [-0.2, 0) is 28.6 Å². The molecule has 60 heavy (non-hydrogen) atoms. The van der Waals surface area contributed by atoms with E-state index >= 15 is 0 Å². The van der Waals surface area contributed by atoms with Gasteiger partial charge in [0.05, 0.1) is 0 Å². The summed E-state index contributed by atoms with van der Waals surface area (Å²) < 4.78 is 16.8. The highest BCUT2D eigenvalue weighted by Gasteiger charge is 2.19. The molecule has 0 heterocycles. The lowest BCUT2D eigenvalue weighted by Gasteiger charge is -2.18. The van der Waals surface area contributed by atoms with Crippen molar-refractivity contribution in [3.05, 3.63) is 0 Å². The first-order chi connectivity index (χ1) is 29.5. The standard InChI is InChI=1S/C54H104O6/c1-4-7-10-13-16-19-22-24-26-27-29-30-32-35-38-41-44-47-53(56)59-50-51(49-58-52(55)46-43-40-37-34-21-18-15-12-9-6-3)60-54(57)48-45-42-39-36-33-31-28-25-23-20-17-14-11-8-5-2/h51H,4-50H2,1-3H3. The summed E-state index contributed by atoms with van der Waals surface area (Å²) in [5.41, 5.74) is 0. The summed E-state index contributed by atoms with van der Waals surface area (Å²) in [5, 5.41) is 0. The van der Waals surface area contributed by atoms with E-state index in [1.165, 1.54) is 212 Å². The fourth-order valence-corrected chi connectivity index (χ4v) is 8.27. The molecule has 0 aliphatic rings. The first-order valence-corrected chi connectivity index (χ1v) is 27.0. The van der Waals surface area contributed by atoms with Gasteiger partial charge < -0.3 is 14.2 Å². The molecular weight excluding hydrogens is 745 g/mol. The van der Waals surface area contributed by atoms with E-state index in [2.05, 4.69) is 20.8 Å². The van der Waals surface area contributed by atoms with Crippen LogP contribution in [0.2, 0.25) is 0 Å². The van der Waals surface area contributed by atoms with E-state index in [9.17, 15) is 14.4 Å². The zero-order valence-electron chi connectivity index (χ0n) is 40.8. The van der Waals surface area contributed by atoms with Gasteiger partial charge in [0.25, 0.3) is 0 Å². The van der Waals surface area contributed by atoms with Crippen LogP contribution in [0.25, 0.3) is 0 Å². The van der Waals surface area contributed by atoms with Crippen LogP contribution in [0.15, 0.2) is 0 Å². The molecule has 0 aromatic carbocycles. The van der Waals surface area contributed by atoms with Gasteiger partial charge in [-0.15, -0.1) is 0 Å². The molecule has 1 atom stereocenters. The fraction of sp³-hybridized carbons (Fsp3) is 0.944.